The Hall–Kier alpha value is -2.71. The molecule has 0 unspecified atom stereocenters. The fraction of sp³-hybridized carbons (Fsp3) is 0.222. The van der Waals surface area contributed by atoms with Crippen LogP contribution in [0.4, 0.5) is 5.69 Å². The second-order valence-electron chi connectivity index (χ2n) is 4.96. The third-order valence-electron chi connectivity index (χ3n) is 3.27. The zero-order valence-electron chi connectivity index (χ0n) is 13.4. The Morgan fingerprint density at radius 3 is 2.75 bits per heavy atom. The lowest BCUT2D eigenvalue weighted by Crippen LogP contribution is -2.21. The number of ether oxygens (including phenoxy) is 2. The third kappa shape index (κ3) is 4.40. The number of rotatable bonds is 6. The monoisotopic (exact) mass is 344 g/mol. The van der Waals surface area contributed by atoms with Gasteiger partial charge in [-0.05, 0) is 43.7 Å². The van der Waals surface area contributed by atoms with Gasteiger partial charge in [0.1, 0.15) is 0 Å². The molecule has 0 atom stereocenters. The molecule has 1 amide bonds. The van der Waals surface area contributed by atoms with Gasteiger partial charge in [-0.1, -0.05) is 17.7 Å². The van der Waals surface area contributed by atoms with Crippen molar-refractivity contribution in [3.63, 3.8) is 0 Å². The van der Waals surface area contributed by atoms with Crippen molar-refractivity contribution in [3.8, 4) is 17.6 Å². The Morgan fingerprint density at radius 1 is 1.25 bits per heavy atom. The van der Waals surface area contributed by atoms with E-state index < -0.39 is 0 Å². The van der Waals surface area contributed by atoms with Crippen molar-refractivity contribution in [2.24, 2.45) is 0 Å². The van der Waals surface area contributed by atoms with Crippen LogP contribution in [0.2, 0.25) is 5.02 Å². The first-order chi connectivity index (χ1) is 11.5. The third-order valence-corrected chi connectivity index (χ3v) is 3.68. The van der Waals surface area contributed by atoms with Crippen LogP contribution < -0.4 is 14.8 Å². The Kier molecular flexibility index (Phi) is 6.05. The first-order valence-electron chi connectivity index (χ1n) is 7.40. The summed E-state index contributed by atoms with van der Waals surface area (Å²) in [7, 11) is 0. The number of nitriles is 1. The minimum absolute atomic E-state index is 0.183. The number of hydrogen-bond donors (Lipinski definition) is 1. The van der Waals surface area contributed by atoms with Crippen LogP contribution in [-0.2, 0) is 4.79 Å². The highest BCUT2D eigenvalue weighted by Gasteiger charge is 2.11. The first-order valence-corrected chi connectivity index (χ1v) is 7.77. The Labute approximate surface area is 145 Å². The van der Waals surface area contributed by atoms with Gasteiger partial charge in [0.15, 0.2) is 18.1 Å². The molecule has 2 aromatic rings. The molecule has 0 aromatic heterocycles. The summed E-state index contributed by atoms with van der Waals surface area (Å²) in [6.45, 7) is 3.90. The van der Waals surface area contributed by atoms with Crippen LogP contribution in [0.15, 0.2) is 36.4 Å². The van der Waals surface area contributed by atoms with Crippen LogP contribution in [0.1, 0.15) is 18.1 Å². The quantitative estimate of drug-likeness (QED) is 0.861. The van der Waals surface area contributed by atoms with E-state index in [9.17, 15) is 4.79 Å². The summed E-state index contributed by atoms with van der Waals surface area (Å²) >= 11 is 6.03. The number of anilines is 1. The van der Waals surface area contributed by atoms with E-state index in [1.807, 2.05) is 19.9 Å². The average Bonchev–Trinajstić information content (AvgIpc) is 2.58. The van der Waals surface area contributed by atoms with Crippen molar-refractivity contribution in [1.82, 2.24) is 0 Å². The molecule has 0 bridgehead atoms. The van der Waals surface area contributed by atoms with Crippen LogP contribution in [-0.4, -0.2) is 19.1 Å². The molecule has 0 heterocycles. The SMILES string of the molecule is CCOc1cc(C#N)ccc1OCC(=O)Nc1cccc(Cl)c1C. The molecule has 0 aliphatic rings. The summed E-state index contributed by atoms with van der Waals surface area (Å²) < 4.78 is 11.0. The lowest BCUT2D eigenvalue weighted by atomic mass is 10.2. The topological polar surface area (TPSA) is 71.3 Å². The summed E-state index contributed by atoms with van der Waals surface area (Å²) in [5.41, 5.74) is 1.90. The standard InChI is InChI=1S/C18H17ClN2O3/c1-3-23-17-9-13(10-20)7-8-16(17)24-11-18(22)21-15-6-4-5-14(19)12(15)2/h4-9H,3,11H2,1-2H3,(H,21,22). The van der Waals surface area contributed by atoms with E-state index in [2.05, 4.69) is 5.32 Å². The molecule has 0 aliphatic carbocycles. The number of carbonyl (C=O) groups is 1. The van der Waals surface area contributed by atoms with Gasteiger partial charge in [0.25, 0.3) is 5.91 Å². The highest BCUT2D eigenvalue weighted by molar-refractivity contribution is 6.31. The van der Waals surface area contributed by atoms with Crippen LogP contribution in [0.5, 0.6) is 11.5 Å². The van der Waals surface area contributed by atoms with Gasteiger partial charge >= 0.3 is 0 Å². The largest absolute Gasteiger partial charge is 0.490 e. The van der Waals surface area contributed by atoms with Gasteiger partial charge in [-0.25, -0.2) is 0 Å². The van der Waals surface area contributed by atoms with Crippen molar-refractivity contribution in [2.45, 2.75) is 13.8 Å². The average molecular weight is 345 g/mol. The zero-order chi connectivity index (χ0) is 17.5. The second kappa shape index (κ2) is 8.23. The minimum Gasteiger partial charge on any atom is -0.490 e. The van der Waals surface area contributed by atoms with Gasteiger partial charge in [0.05, 0.1) is 18.2 Å². The smallest absolute Gasteiger partial charge is 0.262 e. The molecule has 1 N–H and O–H groups in total. The molecule has 2 aromatic carbocycles. The number of nitrogens with zero attached hydrogens (tertiary/aromatic N) is 1. The second-order valence-corrected chi connectivity index (χ2v) is 5.36. The van der Waals surface area contributed by atoms with Crippen molar-refractivity contribution >= 4 is 23.2 Å². The Balaban J connectivity index is 2.04. The summed E-state index contributed by atoms with van der Waals surface area (Å²) in [5, 5.41) is 12.3. The molecule has 6 heteroatoms. The van der Waals surface area contributed by atoms with E-state index >= 15 is 0 Å². The molecular weight excluding hydrogens is 328 g/mol. The molecule has 0 saturated heterocycles. The van der Waals surface area contributed by atoms with Crippen LogP contribution in [0.3, 0.4) is 0 Å². The fourth-order valence-electron chi connectivity index (χ4n) is 2.04. The lowest BCUT2D eigenvalue weighted by Gasteiger charge is -2.13. The van der Waals surface area contributed by atoms with Crippen LogP contribution in [0, 0.1) is 18.3 Å². The predicted octanol–water partition coefficient (Wildman–Crippen LogP) is 3.94. The van der Waals surface area contributed by atoms with Gasteiger partial charge in [-0.3, -0.25) is 4.79 Å². The molecule has 0 spiro atoms. The van der Waals surface area contributed by atoms with Gasteiger partial charge < -0.3 is 14.8 Å². The lowest BCUT2D eigenvalue weighted by molar-refractivity contribution is -0.118. The van der Waals surface area contributed by atoms with Crippen LogP contribution >= 0.6 is 11.6 Å². The number of nitrogens with one attached hydrogen (secondary N) is 1. The molecular formula is C18H17ClN2O3. The molecule has 0 saturated carbocycles. The molecule has 0 fully saturated rings. The van der Waals surface area contributed by atoms with Crippen molar-refractivity contribution in [3.05, 3.63) is 52.5 Å². The maximum absolute atomic E-state index is 12.1. The molecule has 5 nitrogen and oxygen atoms in total. The van der Waals surface area contributed by atoms with E-state index in [1.165, 1.54) is 0 Å². The highest BCUT2D eigenvalue weighted by Crippen LogP contribution is 2.28. The summed E-state index contributed by atoms with van der Waals surface area (Å²) in [5.74, 6) is 0.532. The van der Waals surface area contributed by atoms with Crippen molar-refractivity contribution in [2.75, 3.05) is 18.5 Å². The van der Waals surface area contributed by atoms with Gasteiger partial charge in [-0.15, -0.1) is 0 Å². The number of carbonyl (C=O) groups excluding carboxylic acids is 1. The zero-order valence-corrected chi connectivity index (χ0v) is 14.2. The van der Waals surface area contributed by atoms with Gasteiger partial charge in [0, 0.05) is 16.8 Å². The number of amides is 1. The molecule has 0 aliphatic heterocycles. The predicted molar refractivity (Wildman–Crippen MR) is 92.6 cm³/mol. The molecule has 124 valence electrons. The normalized spacial score (nSPS) is 9.92. The highest BCUT2D eigenvalue weighted by atomic mass is 35.5. The van der Waals surface area contributed by atoms with Crippen molar-refractivity contribution < 1.29 is 14.3 Å². The van der Waals surface area contributed by atoms with Gasteiger partial charge in [-0.2, -0.15) is 5.26 Å². The van der Waals surface area contributed by atoms with Gasteiger partial charge in [0.2, 0.25) is 0 Å². The fourth-order valence-corrected chi connectivity index (χ4v) is 2.21. The van der Waals surface area contributed by atoms with Crippen molar-refractivity contribution in [1.29, 1.82) is 5.26 Å². The first kappa shape index (κ1) is 17.6. The summed E-state index contributed by atoms with van der Waals surface area (Å²) in [4.78, 5) is 12.1. The van der Waals surface area contributed by atoms with E-state index in [1.54, 1.807) is 36.4 Å². The number of hydrogen-bond acceptors (Lipinski definition) is 4. The van der Waals surface area contributed by atoms with E-state index in [-0.39, 0.29) is 12.5 Å². The summed E-state index contributed by atoms with van der Waals surface area (Å²) in [6, 6.07) is 12.1. The minimum atomic E-state index is -0.313. The van der Waals surface area contributed by atoms with E-state index in [0.717, 1.165) is 5.56 Å². The van der Waals surface area contributed by atoms with E-state index in [4.69, 9.17) is 26.3 Å². The number of benzene rings is 2. The number of halogens is 1. The molecule has 24 heavy (non-hydrogen) atoms. The Bertz CT molecular complexity index is 784. The van der Waals surface area contributed by atoms with Crippen LogP contribution in [0.25, 0.3) is 0 Å². The molecule has 2 rings (SSSR count). The summed E-state index contributed by atoms with van der Waals surface area (Å²) in [6.07, 6.45) is 0. The molecule has 0 radical (unpaired) electrons. The maximum Gasteiger partial charge on any atom is 0.262 e. The Morgan fingerprint density at radius 2 is 2.04 bits per heavy atom. The van der Waals surface area contributed by atoms with E-state index in [0.29, 0.717) is 34.4 Å². The maximum atomic E-state index is 12.1.